The second kappa shape index (κ2) is 8.92. The first kappa shape index (κ1) is 21.3. The molecule has 156 valence electrons. The Kier molecular flexibility index (Phi) is 6.54. The van der Waals surface area contributed by atoms with Gasteiger partial charge in [-0.05, 0) is 42.3 Å². The number of benzene rings is 2. The van der Waals surface area contributed by atoms with Crippen molar-refractivity contribution in [2.45, 2.75) is 19.1 Å². The van der Waals surface area contributed by atoms with Crippen LogP contribution in [0.2, 0.25) is 0 Å². The Labute approximate surface area is 166 Å². The van der Waals surface area contributed by atoms with E-state index in [-0.39, 0.29) is 18.2 Å². The Morgan fingerprint density at radius 3 is 2.41 bits per heavy atom. The number of hydrogen-bond donors (Lipinski definition) is 1. The number of halogens is 4. The van der Waals surface area contributed by atoms with Gasteiger partial charge in [0.05, 0.1) is 24.8 Å². The van der Waals surface area contributed by atoms with Crippen molar-refractivity contribution < 1.29 is 27.1 Å². The van der Waals surface area contributed by atoms with Gasteiger partial charge in [-0.3, -0.25) is 9.69 Å². The lowest BCUT2D eigenvalue weighted by Gasteiger charge is -2.35. The Balaban J connectivity index is 1.79. The number of carbonyl (C=O) groups is 1. The zero-order valence-electron chi connectivity index (χ0n) is 15.9. The number of nitrogens with one attached hydrogen (secondary N) is 1. The summed E-state index contributed by atoms with van der Waals surface area (Å²) >= 11 is 0. The highest BCUT2D eigenvalue weighted by molar-refractivity contribution is 5.95. The third-order valence-electron chi connectivity index (χ3n) is 5.01. The molecule has 4 nitrogen and oxygen atoms in total. The van der Waals surface area contributed by atoms with Gasteiger partial charge >= 0.3 is 6.18 Å². The maximum absolute atomic E-state index is 13.5. The lowest BCUT2D eigenvalue weighted by Crippen LogP contribution is -2.44. The van der Waals surface area contributed by atoms with Crippen LogP contribution >= 0.6 is 0 Å². The van der Waals surface area contributed by atoms with Gasteiger partial charge in [-0.1, -0.05) is 18.2 Å². The maximum Gasteiger partial charge on any atom is 0.416 e. The molecule has 1 N–H and O–H groups in total. The summed E-state index contributed by atoms with van der Waals surface area (Å²) in [5.74, 6) is -0.930. The Bertz CT molecular complexity index is 847. The second-order valence-corrected chi connectivity index (χ2v) is 6.95. The summed E-state index contributed by atoms with van der Waals surface area (Å²) in [5, 5.41) is 2.80. The third kappa shape index (κ3) is 5.33. The minimum atomic E-state index is -4.41. The summed E-state index contributed by atoms with van der Waals surface area (Å²) in [6, 6.07) is 8.61. The van der Waals surface area contributed by atoms with Gasteiger partial charge in [0.1, 0.15) is 5.82 Å². The SMILES string of the molecule is Cc1ccc(F)cc1C(=O)NCC(c1ccc(C(F)(F)F)cc1)N1CCOCC1. The van der Waals surface area contributed by atoms with E-state index in [9.17, 15) is 22.4 Å². The number of aryl methyl sites for hydroxylation is 1. The molecule has 1 atom stereocenters. The van der Waals surface area contributed by atoms with Gasteiger partial charge in [0.2, 0.25) is 0 Å². The van der Waals surface area contributed by atoms with Gasteiger partial charge < -0.3 is 10.1 Å². The van der Waals surface area contributed by atoms with Gasteiger partial charge in [-0.25, -0.2) is 4.39 Å². The molecule has 2 aromatic rings. The molecule has 0 radical (unpaired) electrons. The third-order valence-corrected chi connectivity index (χ3v) is 5.01. The number of hydrogen-bond acceptors (Lipinski definition) is 3. The van der Waals surface area contributed by atoms with E-state index < -0.39 is 23.5 Å². The molecule has 2 aromatic carbocycles. The van der Waals surface area contributed by atoms with Crippen LogP contribution in [0.5, 0.6) is 0 Å². The number of carbonyl (C=O) groups excluding carboxylic acids is 1. The Hall–Kier alpha value is -2.45. The van der Waals surface area contributed by atoms with Gasteiger partial charge in [0, 0.05) is 25.2 Å². The smallest absolute Gasteiger partial charge is 0.379 e. The lowest BCUT2D eigenvalue weighted by molar-refractivity contribution is -0.137. The van der Waals surface area contributed by atoms with Crippen LogP contribution in [-0.2, 0) is 10.9 Å². The fourth-order valence-electron chi connectivity index (χ4n) is 3.36. The average molecular weight is 410 g/mol. The molecule has 0 saturated carbocycles. The minimum Gasteiger partial charge on any atom is -0.379 e. The number of rotatable bonds is 5. The van der Waals surface area contributed by atoms with Gasteiger partial charge in [-0.2, -0.15) is 13.2 Å². The molecule has 1 aliphatic rings. The van der Waals surface area contributed by atoms with Crippen LogP contribution in [0.25, 0.3) is 0 Å². The maximum atomic E-state index is 13.5. The Morgan fingerprint density at radius 1 is 1.14 bits per heavy atom. The van der Waals surface area contributed by atoms with Crippen molar-refractivity contribution in [3.05, 3.63) is 70.5 Å². The Morgan fingerprint density at radius 2 is 1.79 bits per heavy atom. The zero-order valence-corrected chi connectivity index (χ0v) is 15.9. The van der Waals surface area contributed by atoms with Crippen molar-refractivity contribution >= 4 is 5.91 Å². The largest absolute Gasteiger partial charge is 0.416 e. The lowest BCUT2D eigenvalue weighted by atomic mass is 10.0. The van der Waals surface area contributed by atoms with Gasteiger partial charge in [0.15, 0.2) is 0 Å². The fraction of sp³-hybridized carbons (Fsp3) is 0.381. The molecule has 0 bridgehead atoms. The zero-order chi connectivity index (χ0) is 21.0. The van der Waals surface area contributed by atoms with Crippen molar-refractivity contribution in [3.63, 3.8) is 0 Å². The molecule has 1 amide bonds. The van der Waals surface area contributed by atoms with Crippen LogP contribution in [0.3, 0.4) is 0 Å². The van der Waals surface area contributed by atoms with Gasteiger partial charge in [-0.15, -0.1) is 0 Å². The van der Waals surface area contributed by atoms with Gasteiger partial charge in [0.25, 0.3) is 5.91 Å². The minimum absolute atomic E-state index is 0.181. The molecule has 1 saturated heterocycles. The summed E-state index contributed by atoms with van der Waals surface area (Å²) in [4.78, 5) is 14.6. The predicted octanol–water partition coefficient (Wildman–Crippen LogP) is 3.96. The van der Waals surface area contributed by atoms with E-state index in [1.54, 1.807) is 6.92 Å². The van der Waals surface area contributed by atoms with Crippen molar-refractivity contribution in [1.82, 2.24) is 10.2 Å². The van der Waals surface area contributed by atoms with Crippen molar-refractivity contribution in [2.75, 3.05) is 32.8 Å². The molecular formula is C21H22F4N2O2. The van der Waals surface area contributed by atoms with Crippen LogP contribution < -0.4 is 5.32 Å². The quantitative estimate of drug-likeness (QED) is 0.759. The number of morpholine rings is 1. The highest BCUT2D eigenvalue weighted by Gasteiger charge is 2.31. The van der Waals surface area contributed by atoms with Crippen LogP contribution in [0.1, 0.15) is 33.1 Å². The molecule has 3 rings (SSSR count). The first-order valence-corrected chi connectivity index (χ1v) is 9.29. The summed E-state index contributed by atoms with van der Waals surface area (Å²) in [7, 11) is 0. The first-order valence-electron chi connectivity index (χ1n) is 9.29. The van der Waals surface area contributed by atoms with Crippen LogP contribution in [-0.4, -0.2) is 43.7 Å². The van der Waals surface area contributed by atoms with Crippen LogP contribution in [0, 0.1) is 12.7 Å². The molecule has 29 heavy (non-hydrogen) atoms. The highest BCUT2D eigenvalue weighted by Crippen LogP contribution is 2.31. The molecule has 1 aliphatic heterocycles. The molecule has 8 heteroatoms. The summed E-state index contributed by atoms with van der Waals surface area (Å²) < 4.78 is 57.5. The van der Waals surface area contributed by atoms with E-state index in [2.05, 4.69) is 10.2 Å². The monoisotopic (exact) mass is 410 g/mol. The molecule has 1 heterocycles. The molecule has 0 aliphatic carbocycles. The predicted molar refractivity (Wildman–Crippen MR) is 100 cm³/mol. The van der Waals surface area contributed by atoms with Crippen LogP contribution in [0.15, 0.2) is 42.5 Å². The summed E-state index contributed by atoms with van der Waals surface area (Å²) in [6.45, 7) is 4.10. The van der Waals surface area contributed by atoms with E-state index >= 15 is 0 Å². The number of amides is 1. The fourth-order valence-corrected chi connectivity index (χ4v) is 3.36. The van der Waals surface area contributed by atoms with Crippen molar-refractivity contribution in [2.24, 2.45) is 0 Å². The molecule has 0 spiro atoms. The summed E-state index contributed by atoms with van der Waals surface area (Å²) in [5.41, 5.74) is 0.817. The first-order chi connectivity index (χ1) is 13.8. The highest BCUT2D eigenvalue weighted by atomic mass is 19.4. The van der Waals surface area contributed by atoms with E-state index in [1.807, 2.05) is 0 Å². The average Bonchev–Trinajstić information content (AvgIpc) is 2.70. The van der Waals surface area contributed by atoms with E-state index in [0.717, 1.165) is 12.1 Å². The number of alkyl halides is 3. The molecule has 1 fully saturated rings. The molecule has 0 aromatic heterocycles. The standard InChI is InChI=1S/C21H22F4N2O2/c1-14-2-7-17(22)12-18(14)20(28)26-13-19(27-8-10-29-11-9-27)15-3-5-16(6-4-15)21(23,24)25/h2-7,12,19H,8-11,13H2,1H3,(H,26,28). The van der Waals surface area contributed by atoms with E-state index in [1.165, 1.54) is 30.3 Å². The summed E-state index contributed by atoms with van der Waals surface area (Å²) in [6.07, 6.45) is -4.41. The topological polar surface area (TPSA) is 41.6 Å². The second-order valence-electron chi connectivity index (χ2n) is 6.95. The van der Waals surface area contributed by atoms with Crippen molar-refractivity contribution in [3.8, 4) is 0 Å². The van der Waals surface area contributed by atoms with Crippen molar-refractivity contribution in [1.29, 1.82) is 0 Å². The van der Waals surface area contributed by atoms with E-state index in [4.69, 9.17) is 4.74 Å². The molecular weight excluding hydrogens is 388 g/mol. The normalized spacial score (nSPS) is 16.4. The number of ether oxygens (including phenoxy) is 1. The molecule has 1 unspecified atom stereocenters. The number of nitrogens with zero attached hydrogens (tertiary/aromatic N) is 1. The van der Waals surface area contributed by atoms with Crippen LogP contribution in [0.4, 0.5) is 17.6 Å². The van der Waals surface area contributed by atoms with E-state index in [0.29, 0.717) is 37.4 Å².